The molecule has 0 saturated carbocycles. The van der Waals surface area contributed by atoms with E-state index in [1.165, 1.54) is 25.6 Å². The molecule has 0 unspecified atom stereocenters. The Balaban J connectivity index is 2.62. The number of allylic oxidation sites excluding steroid dienone is 2. The van der Waals surface area contributed by atoms with E-state index in [1.807, 2.05) is 25.3 Å². The minimum atomic E-state index is -0.693. The average molecular weight is 360 g/mol. The molecule has 6 nitrogen and oxygen atoms in total. The average Bonchev–Trinajstić information content (AvgIpc) is 3.11. The second-order valence-corrected chi connectivity index (χ2v) is 6.36. The lowest BCUT2D eigenvalue weighted by Crippen LogP contribution is -2.23. The monoisotopic (exact) mass is 360 g/mol. The highest BCUT2D eigenvalue weighted by atomic mass is 32.1. The molecule has 0 spiro atoms. The van der Waals surface area contributed by atoms with Gasteiger partial charge in [0.2, 0.25) is 5.43 Å². The van der Waals surface area contributed by atoms with Gasteiger partial charge in [-0.05, 0) is 32.4 Å². The lowest BCUT2D eigenvalue weighted by molar-refractivity contribution is 0.0598. The molecule has 0 aliphatic carbocycles. The van der Waals surface area contributed by atoms with E-state index in [-0.39, 0.29) is 5.56 Å². The number of esters is 1. The van der Waals surface area contributed by atoms with Crippen LogP contribution < -0.4 is 10.2 Å². The van der Waals surface area contributed by atoms with Gasteiger partial charge in [0.05, 0.1) is 25.5 Å². The number of H-pyrrole nitrogens is 1. The number of carbonyl (C=O) groups excluding carboxylic acids is 1. The summed E-state index contributed by atoms with van der Waals surface area (Å²) in [6, 6.07) is 0. The van der Waals surface area contributed by atoms with Crippen LogP contribution in [0.1, 0.15) is 40.5 Å². The van der Waals surface area contributed by atoms with Crippen molar-refractivity contribution in [2.75, 3.05) is 14.2 Å². The highest BCUT2D eigenvalue weighted by Gasteiger charge is 2.21. The maximum Gasteiger partial charge on any atom is 0.344 e. The lowest BCUT2D eigenvalue weighted by Gasteiger charge is -2.11. The molecule has 2 aromatic rings. The molecule has 0 aliphatic heterocycles. The van der Waals surface area contributed by atoms with Crippen LogP contribution in [0.15, 0.2) is 28.0 Å². The molecule has 7 heteroatoms. The summed E-state index contributed by atoms with van der Waals surface area (Å²) in [6.45, 7) is 3.88. The maximum atomic E-state index is 12.9. The summed E-state index contributed by atoms with van der Waals surface area (Å²) in [7, 11) is 2.72. The minimum absolute atomic E-state index is 0.0479. The van der Waals surface area contributed by atoms with E-state index in [4.69, 9.17) is 9.47 Å². The first kappa shape index (κ1) is 18.7. The quantitative estimate of drug-likeness (QED) is 0.631. The van der Waals surface area contributed by atoms with Gasteiger partial charge in [-0.2, -0.15) is 0 Å². The molecule has 0 fully saturated rings. The number of aromatic amines is 1. The van der Waals surface area contributed by atoms with Crippen LogP contribution in [0.25, 0.3) is 12.2 Å². The summed E-state index contributed by atoms with van der Waals surface area (Å²) >= 11 is 1.45. The number of carbonyl (C=O) groups is 1. The van der Waals surface area contributed by atoms with Crippen molar-refractivity contribution in [1.29, 1.82) is 0 Å². The number of ether oxygens (including phenoxy) is 2. The lowest BCUT2D eigenvalue weighted by atomic mass is 10.1. The third-order valence-electron chi connectivity index (χ3n) is 3.44. The number of nitrogens with zero attached hydrogens (tertiary/aromatic N) is 1. The molecule has 132 valence electrons. The first-order valence-electron chi connectivity index (χ1n) is 7.60. The molecule has 2 heterocycles. The second-order valence-electron chi connectivity index (χ2n) is 5.44. The largest absolute Gasteiger partial charge is 0.482 e. The van der Waals surface area contributed by atoms with Crippen molar-refractivity contribution in [3.63, 3.8) is 0 Å². The third kappa shape index (κ3) is 4.45. The van der Waals surface area contributed by atoms with Crippen molar-refractivity contribution in [2.24, 2.45) is 0 Å². The summed E-state index contributed by atoms with van der Waals surface area (Å²) < 4.78 is 10.1. The van der Waals surface area contributed by atoms with Crippen molar-refractivity contribution in [2.45, 2.75) is 20.3 Å². The Morgan fingerprint density at radius 1 is 1.32 bits per heavy atom. The predicted molar refractivity (Wildman–Crippen MR) is 99.1 cm³/mol. The number of hydrogen-bond donors (Lipinski definition) is 1. The van der Waals surface area contributed by atoms with Gasteiger partial charge in [-0.15, -0.1) is 11.3 Å². The molecule has 0 radical (unpaired) electrons. The number of rotatable bonds is 6. The zero-order valence-electron chi connectivity index (χ0n) is 14.6. The van der Waals surface area contributed by atoms with Crippen LogP contribution in [-0.4, -0.2) is 30.2 Å². The fraction of sp³-hybridized carbons (Fsp3) is 0.278. The Labute approximate surface area is 149 Å². The number of methoxy groups -OCH3 is 2. The molecular weight excluding hydrogens is 340 g/mol. The third-order valence-corrected chi connectivity index (χ3v) is 4.19. The van der Waals surface area contributed by atoms with Gasteiger partial charge in [-0.25, -0.2) is 9.78 Å². The van der Waals surface area contributed by atoms with Gasteiger partial charge in [-0.1, -0.05) is 11.6 Å². The molecule has 0 atom stereocenters. The standard InChI is InChI=1S/C18H20N2O4S/c1-11(2)5-6-12-16(21)15(18(22)24-4)13(20-17(12)23-3)7-8-14-19-9-10-25-14/h5,7-10H,6H2,1-4H3,(H,20,21)/b8-7+. The Morgan fingerprint density at radius 3 is 2.64 bits per heavy atom. The molecular formula is C18H20N2O4S. The van der Waals surface area contributed by atoms with E-state index in [0.29, 0.717) is 23.6 Å². The molecule has 0 amide bonds. The number of hydrogen-bond acceptors (Lipinski definition) is 6. The summed E-state index contributed by atoms with van der Waals surface area (Å²) in [5.74, 6) is -0.366. The molecule has 0 aromatic carbocycles. The summed E-state index contributed by atoms with van der Waals surface area (Å²) in [6.07, 6.45) is 7.29. The Bertz CT molecular complexity index is 860. The molecule has 25 heavy (non-hydrogen) atoms. The van der Waals surface area contributed by atoms with Crippen LogP contribution in [-0.2, 0) is 11.2 Å². The van der Waals surface area contributed by atoms with Crippen molar-refractivity contribution < 1.29 is 14.3 Å². The van der Waals surface area contributed by atoms with Gasteiger partial charge >= 0.3 is 5.97 Å². The summed E-state index contributed by atoms with van der Waals surface area (Å²) in [4.78, 5) is 32.2. The summed E-state index contributed by atoms with van der Waals surface area (Å²) in [5, 5.41) is 2.59. The van der Waals surface area contributed by atoms with E-state index < -0.39 is 11.4 Å². The van der Waals surface area contributed by atoms with Crippen molar-refractivity contribution >= 4 is 29.5 Å². The highest BCUT2D eigenvalue weighted by Crippen LogP contribution is 2.19. The molecule has 0 bridgehead atoms. The zero-order valence-corrected chi connectivity index (χ0v) is 15.4. The second kappa shape index (κ2) is 8.43. The fourth-order valence-electron chi connectivity index (χ4n) is 2.20. The Morgan fingerprint density at radius 2 is 2.08 bits per heavy atom. The SMILES string of the molecule is COC(=O)c1c(/C=C/c2nccs2)[nH]c(OC)c(CC=C(C)C)c1=O. The number of thiazole rings is 1. The molecule has 1 N–H and O–H groups in total. The smallest absolute Gasteiger partial charge is 0.344 e. The maximum absolute atomic E-state index is 12.9. The van der Waals surface area contributed by atoms with E-state index in [1.54, 1.807) is 18.3 Å². The van der Waals surface area contributed by atoms with E-state index in [0.717, 1.165) is 10.6 Å². The van der Waals surface area contributed by atoms with Crippen LogP contribution in [0, 0.1) is 0 Å². The van der Waals surface area contributed by atoms with Gasteiger partial charge in [0.15, 0.2) is 5.88 Å². The first-order valence-corrected chi connectivity index (χ1v) is 8.48. The van der Waals surface area contributed by atoms with E-state index in [2.05, 4.69) is 9.97 Å². The number of aromatic nitrogens is 2. The number of pyridine rings is 1. The van der Waals surface area contributed by atoms with Crippen LogP contribution in [0.4, 0.5) is 0 Å². The van der Waals surface area contributed by atoms with Crippen LogP contribution in [0.5, 0.6) is 5.88 Å². The molecule has 2 rings (SSSR count). The Hall–Kier alpha value is -2.67. The van der Waals surface area contributed by atoms with Crippen molar-refractivity contribution in [3.8, 4) is 5.88 Å². The molecule has 0 aliphatic rings. The first-order chi connectivity index (χ1) is 12.0. The van der Waals surface area contributed by atoms with Crippen LogP contribution in [0.2, 0.25) is 0 Å². The fourth-order valence-corrected chi connectivity index (χ4v) is 2.73. The van der Waals surface area contributed by atoms with E-state index >= 15 is 0 Å². The minimum Gasteiger partial charge on any atom is -0.482 e. The van der Waals surface area contributed by atoms with Crippen LogP contribution >= 0.6 is 11.3 Å². The van der Waals surface area contributed by atoms with Crippen molar-refractivity contribution in [1.82, 2.24) is 9.97 Å². The van der Waals surface area contributed by atoms with E-state index in [9.17, 15) is 9.59 Å². The molecule has 0 saturated heterocycles. The highest BCUT2D eigenvalue weighted by molar-refractivity contribution is 7.10. The topological polar surface area (TPSA) is 81.3 Å². The van der Waals surface area contributed by atoms with Gasteiger partial charge in [0, 0.05) is 11.6 Å². The van der Waals surface area contributed by atoms with Crippen molar-refractivity contribution in [3.05, 3.63) is 55.3 Å². The van der Waals surface area contributed by atoms with Gasteiger partial charge in [0.1, 0.15) is 10.6 Å². The predicted octanol–water partition coefficient (Wildman–Crippen LogP) is 3.31. The summed E-state index contributed by atoms with van der Waals surface area (Å²) in [5.41, 5.74) is 1.32. The van der Waals surface area contributed by atoms with Gasteiger partial charge in [0.25, 0.3) is 0 Å². The zero-order chi connectivity index (χ0) is 18.4. The van der Waals surface area contributed by atoms with Crippen LogP contribution in [0.3, 0.4) is 0 Å². The number of nitrogens with one attached hydrogen (secondary N) is 1. The van der Waals surface area contributed by atoms with Gasteiger partial charge < -0.3 is 14.5 Å². The molecule has 2 aromatic heterocycles. The van der Waals surface area contributed by atoms with Gasteiger partial charge in [-0.3, -0.25) is 4.79 Å². The normalized spacial score (nSPS) is 10.7. The Kier molecular flexibility index (Phi) is 6.30.